The Balaban J connectivity index is 1.69. The van der Waals surface area contributed by atoms with Gasteiger partial charge in [0, 0.05) is 11.8 Å². The molecule has 0 N–H and O–H groups in total. The molecule has 0 saturated heterocycles. The summed E-state index contributed by atoms with van der Waals surface area (Å²) in [4.78, 5) is 12.4. The molecule has 4 rings (SSSR count). The van der Waals surface area contributed by atoms with Crippen LogP contribution in [-0.4, -0.2) is 5.78 Å². The summed E-state index contributed by atoms with van der Waals surface area (Å²) in [5.74, 6) is 2.64. The largest absolute Gasteiger partial charge is 0.299 e. The summed E-state index contributed by atoms with van der Waals surface area (Å²) in [6.07, 6.45) is 6.80. The molecule has 2 saturated carbocycles. The fraction of sp³-hybridized carbons (Fsp3) is 0.682. The van der Waals surface area contributed by atoms with Gasteiger partial charge in [0.2, 0.25) is 0 Å². The SMILES string of the molecule is CC(C)(C)c1ccc2c(c1)CCC1C2CC[C@]2(C)C(=O)CCC12. The Labute approximate surface area is 140 Å². The van der Waals surface area contributed by atoms with E-state index in [2.05, 4.69) is 45.9 Å². The smallest absolute Gasteiger partial charge is 0.139 e. The number of Topliss-reactive ketones (excluding diaryl/α,β-unsaturated/α-hetero) is 1. The zero-order chi connectivity index (χ0) is 16.4. The predicted molar refractivity (Wildman–Crippen MR) is 94.8 cm³/mol. The van der Waals surface area contributed by atoms with Crippen molar-refractivity contribution >= 4 is 5.78 Å². The first kappa shape index (κ1) is 15.4. The van der Waals surface area contributed by atoms with Crippen molar-refractivity contribution in [2.45, 2.75) is 77.6 Å². The van der Waals surface area contributed by atoms with E-state index in [-0.39, 0.29) is 10.8 Å². The van der Waals surface area contributed by atoms with Crippen LogP contribution in [0.2, 0.25) is 0 Å². The van der Waals surface area contributed by atoms with Crippen LogP contribution in [0, 0.1) is 17.3 Å². The normalized spacial score (nSPS) is 36.3. The second kappa shape index (κ2) is 4.94. The summed E-state index contributed by atoms with van der Waals surface area (Å²) in [5, 5.41) is 0. The van der Waals surface area contributed by atoms with E-state index < -0.39 is 0 Å². The molecule has 0 amide bonds. The highest BCUT2D eigenvalue weighted by Gasteiger charge is 2.54. The van der Waals surface area contributed by atoms with E-state index in [0.717, 1.165) is 25.2 Å². The predicted octanol–water partition coefficient (Wildman–Crippen LogP) is 5.41. The highest BCUT2D eigenvalue weighted by molar-refractivity contribution is 5.87. The Hall–Kier alpha value is -1.11. The molecular formula is C22H30O. The monoisotopic (exact) mass is 310 g/mol. The maximum absolute atomic E-state index is 12.4. The number of aryl methyl sites for hydroxylation is 1. The first-order chi connectivity index (χ1) is 10.8. The van der Waals surface area contributed by atoms with Crippen LogP contribution in [0.4, 0.5) is 0 Å². The number of hydrogen-bond donors (Lipinski definition) is 0. The molecule has 3 aliphatic carbocycles. The minimum absolute atomic E-state index is 0.00399. The molecule has 0 aliphatic heterocycles. The van der Waals surface area contributed by atoms with Crippen molar-refractivity contribution < 1.29 is 4.79 Å². The minimum Gasteiger partial charge on any atom is -0.299 e. The summed E-state index contributed by atoms with van der Waals surface area (Å²) in [5.41, 5.74) is 4.90. The van der Waals surface area contributed by atoms with Crippen LogP contribution >= 0.6 is 0 Å². The van der Waals surface area contributed by atoms with Gasteiger partial charge in [-0.1, -0.05) is 45.9 Å². The van der Waals surface area contributed by atoms with E-state index in [1.165, 1.54) is 24.8 Å². The van der Waals surface area contributed by atoms with Crippen LogP contribution in [0.5, 0.6) is 0 Å². The second-order valence-electron chi connectivity index (χ2n) is 9.50. The van der Waals surface area contributed by atoms with Gasteiger partial charge in [-0.25, -0.2) is 0 Å². The Morgan fingerprint density at radius 3 is 2.61 bits per heavy atom. The van der Waals surface area contributed by atoms with Gasteiger partial charge >= 0.3 is 0 Å². The molecule has 4 atom stereocenters. The van der Waals surface area contributed by atoms with E-state index in [1.807, 2.05) is 0 Å². The molecule has 124 valence electrons. The summed E-state index contributed by atoms with van der Waals surface area (Å²) < 4.78 is 0. The molecule has 0 bridgehead atoms. The molecule has 0 aromatic heterocycles. The molecule has 1 nitrogen and oxygen atoms in total. The maximum Gasteiger partial charge on any atom is 0.139 e. The fourth-order valence-electron chi connectivity index (χ4n) is 5.82. The van der Waals surface area contributed by atoms with Crippen LogP contribution in [0.1, 0.15) is 82.4 Å². The van der Waals surface area contributed by atoms with E-state index in [9.17, 15) is 4.79 Å². The Bertz CT molecular complexity index is 650. The first-order valence-corrected chi connectivity index (χ1v) is 9.47. The lowest BCUT2D eigenvalue weighted by Crippen LogP contribution is -2.42. The molecular weight excluding hydrogens is 280 g/mol. The molecule has 1 aromatic carbocycles. The number of benzene rings is 1. The number of carbonyl (C=O) groups excluding carboxylic acids is 1. The number of carbonyl (C=O) groups is 1. The first-order valence-electron chi connectivity index (χ1n) is 9.47. The molecule has 0 spiro atoms. The van der Waals surface area contributed by atoms with Crippen molar-refractivity contribution in [3.8, 4) is 0 Å². The summed E-state index contributed by atoms with van der Waals surface area (Å²) in [6, 6.07) is 7.25. The molecule has 3 aliphatic rings. The molecule has 1 aromatic rings. The van der Waals surface area contributed by atoms with Gasteiger partial charge in [0.1, 0.15) is 5.78 Å². The van der Waals surface area contributed by atoms with Gasteiger partial charge in [0.15, 0.2) is 0 Å². The van der Waals surface area contributed by atoms with Crippen molar-refractivity contribution in [2.75, 3.05) is 0 Å². The zero-order valence-electron chi connectivity index (χ0n) is 15.1. The Kier molecular flexibility index (Phi) is 3.31. The summed E-state index contributed by atoms with van der Waals surface area (Å²) in [7, 11) is 0. The second-order valence-corrected chi connectivity index (χ2v) is 9.50. The van der Waals surface area contributed by atoms with Gasteiger partial charge in [-0.15, -0.1) is 0 Å². The highest BCUT2D eigenvalue weighted by atomic mass is 16.1. The van der Waals surface area contributed by atoms with Crippen LogP contribution in [0.25, 0.3) is 0 Å². The van der Waals surface area contributed by atoms with Gasteiger partial charge in [0.05, 0.1) is 0 Å². The zero-order valence-corrected chi connectivity index (χ0v) is 15.1. The average Bonchev–Trinajstić information content (AvgIpc) is 2.81. The number of ketones is 1. The molecule has 1 heteroatoms. The molecule has 3 unspecified atom stereocenters. The van der Waals surface area contributed by atoms with E-state index in [4.69, 9.17) is 0 Å². The van der Waals surface area contributed by atoms with E-state index in [0.29, 0.717) is 17.6 Å². The molecule has 23 heavy (non-hydrogen) atoms. The lowest BCUT2D eigenvalue weighted by molar-refractivity contribution is -0.129. The van der Waals surface area contributed by atoms with Crippen LogP contribution < -0.4 is 0 Å². The highest BCUT2D eigenvalue weighted by Crippen LogP contribution is 2.59. The third-order valence-electron chi connectivity index (χ3n) is 7.30. The average molecular weight is 310 g/mol. The summed E-state index contributed by atoms with van der Waals surface area (Å²) in [6.45, 7) is 9.17. The van der Waals surface area contributed by atoms with Gasteiger partial charge < -0.3 is 0 Å². The number of rotatable bonds is 0. The maximum atomic E-state index is 12.4. The van der Waals surface area contributed by atoms with Crippen molar-refractivity contribution in [3.05, 3.63) is 34.9 Å². The lowest BCUT2D eigenvalue weighted by Gasteiger charge is -2.48. The van der Waals surface area contributed by atoms with Gasteiger partial charge in [-0.05, 0) is 72.0 Å². The van der Waals surface area contributed by atoms with Gasteiger partial charge in [0.25, 0.3) is 0 Å². The molecule has 0 heterocycles. The quantitative estimate of drug-likeness (QED) is 0.626. The minimum atomic E-state index is 0.00399. The van der Waals surface area contributed by atoms with Crippen molar-refractivity contribution in [1.82, 2.24) is 0 Å². The number of hydrogen-bond acceptors (Lipinski definition) is 1. The van der Waals surface area contributed by atoms with Crippen LogP contribution in [0.3, 0.4) is 0 Å². The van der Waals surface area contributed by atoms with Crippen molar-refractivity contribution in [1.29, 1.82) is 0 Å². The third-order valence-corrected chi connectivity index (χ3v) is 7.30. The topological polar surface area (TPSA) is 17.1 Å². The lowest BCUT2D eigenvalue weighted by atomic mass is 9.55. The molecule has 0 radical (unpaired) electrons. The van der Waals surface area contributed by atoms with Crippen LogP contribution in [0.15, 0.2) is 18.2 Å². The third kappa shape index (κ3) is 2.22. The van der Waals surface area contributed by atoms with Crippen molar-refractivity contribution in [2.24, 2.45) is 17.3 Å². The Morgan fingerprint density at radius 1 is 1.09 bits per heavy atom. The van der Waals surface area contributed by atoms with Gasteiger partial charge in [-0.3, -0.25) is 4.79 Å². The summed E-state index contributed by atoms with van der Waals surface area (Å²) >= 11 is 0. The van der Waals surface area contributed by atoms with E-state index in [1.54, 1.807) is 11.1 Å². The fourth-order valence-corrected chi connectivity index (χ4v) is 5.82. The number of fused-ring (bicyclic) bond motifs is 5. The van der Waals surface area contributed by atoms with E-state index >= 15 is 0 Å². The molecule has 2 fully saturated rings. The van der Waals surface area contributed by atoms with Crippen LogP contribution in [-0.2, 0) is 16.6 Å². The van der Waals surface area contributed by atoms with Crippen molar-refractivity contribution in [3.63, 3.8) is 0 Å². The standard InChI is InChI=1S/C22H30O/c1-21(2,3)15-6-8-16-14(13-15)5-7-18-17(16)11-12-22(4)19(18)9-10-20(22)23/h6,8,13,17-19H,5,7,9-12H2,1-4H3/t17?,18?,19?,22-/m0/s1. The Morgan fingerprint density at radius 2 is 1.87 bits per heavy atom. The van der Waals surface area contributed by atoms with Gasteiger partial charge in [-0.2, -0.15) is 0 Å².